The third-order valence-electron chi connectivity index (χ3n) is 3.88. The maximum atomic E-state index is 6.29. The standard InChI is InChI=1S/C16H22N4O3/c1-3-22-11-7-6-10(9-13(11)21-2)14(17)16-18-15(19-20-16)12-5-4-8-23-12/h6-7,9,12,14H,3-5,8,17H2,1-2H3,(H,18,19,20)/t12-,14+/m1/s1. The van der Waals surface area contributed by atoms with Gasteiger partial charge in [0.15, 0.2) is 23.1 Å². The molecule has 0 spiro atoms. The maximum Gasteiger partial charge on any atom is 0.171 e. The van der Waals surface area contributed by atoms with Crippen molar-refractivity contribution in [3.63, 3.8) is 0 Å². The van der Waals surface area contributed by atoms with Gasteiger partial charge in [-0.2, -0.15) is 5.10 Å². The summed E-state index contributed by atoms with van der Waals surface area (Å²) in [6.45, 7) is 3.27. The molecule has 0 bridgehead atoms. The normalized spacial score (nSPS) is 18.8. The fourth-order valence-corrected chi connectivity index (χ4v) is 2.67. The van der Waals surface area contributed by atoms with Gasteiger partial charge in [0.05, 0.1) is 19.8 Å². The van der Waals surface area contributed by atoms with Gasteiger partial charge in [-0.05, 0) is 37.5 Å². The van der Waals surface area contributed by atoms with Crippen molar-refractivity contribution in [2.75, 3.05) is 20.3 Å². The van der Waals surface area contributed by atoms with E-state index in [4.69, 9.17) is 19.9 Å². The summed E-state index contributed by atoms with van der Waals surface area (Å²) in [4.78, 5) is 4.49. The van der Waals surface area contributed by atoms with Crippen LogP contribution >= 0.6 is 0 Å². The lowest BCUT2D eigenvalue weighted by Gasteiger charge is -2.13. The summed E-state index contributed by atoms with van der Waals surface area (Å²) in [6.07, 6.45) is 2.00. The number of H-pyrrole nitrogens is 1. The Kier molecular flexibility index (Phi) is 4.78. The molecule has 7 heteroatoms. The average Bonchev–Trinajstić information content (AvgIpc) is 3.26. The van der Waals surface area contributed by atoms with E-state index in [2.05, 4.69) is 15.2 Å². The van der Waals surface area contributed by atoms with E-state index in [-0.39, 0.29) is 6.10 Å². The van der Waals surface area contributed by atoms with E-state index >= 15 is 0 Å². The Balaban J connectivity index is 1.80. The first kappa shape index (κ1) is 15.8. The Hall–Kier alpha value is -2.12. The lowest BCUT2D eigenvalue weighted by atomic mass is 10.1. The number of benzene rings is 1. The van der Waals surface area contributed by atoms with Crippen LogP contribution in [-0.4, -0.2) is 35.5 Å². The van der Waals surface area contributed by atoms with Crippen LogP contribution in [0.3, 0.4) is 0 Å². The lowest BCUT2D eigenvalue weighted by molar-refractivity contribution is 0.105. The smallest absolute Gasteiger partial charge is 0.171 e. The zero-order valence-corrected chi connectivity index (χ0v) is 13.4. The number of rotatable bonds is 6. The molecule has 2 aromatic rings. The minimum Gasteiger partial charge on any atom is -0.493 e. The van der Waals surface area contributed by atoms with Gasteiger partial charge in [0.2, 0.25) is 0 Å². The van der Waals surface area contributed by atoms with Crippen molar-refractivity contribution in [2.24, 2.45) is 5.73 Å². The SMILES string of the molecule is CCOc1ccc([C@H](N)c2n[nH]c([C@H]3CCCO3)n2)cc1OC. The second-order valence-electron chi connectivity index (χ2n) is 5.40. The fourth-order valence-electron chi connectivity index (χ4n) is 2.67. The number of nitrogens with one attached hydrogen (secondary N) is 1. The first-order chi connectivity index (χ1) is 11.2. The molecule has 1 aromatic carbocycles. The molecule has 1 aromatic heterocycles. The number of aromatic amines is 1. The first-order valence-corrected chi connectivity index (χ1v) is 7.83. The van der Waals surface area contributed by atoms with E-state index < -0.39 is 6.04 Å². The minimum atomic E-state index is -0.439. The summed E-state index contributed by atoms with van der Waals surface area (Å²) < 4.78 is 16.5. The molecule has 1 aliphatic rings. The van der Waals surface area contributed by atoms with E-state index in [0.29, 0.717) is 23.9 Å². The predicted octanol–water partition coefficient (Wildman–Crippen LogP) is 2.11. The van der Waals surface area contributed by atoms with Crippen LogP contribution in [0.1, 0.15) is 49.1 Å². The summed E-state index contributed by atoms with van der Waals surface area (Å²) in [5, 5.41) is 7.17. The number of hydrogen-bond donors (Lipinski definition) is 2. The Labute approximate surface area is 135 Å². The van der Waals surface area contributed by atoms with Crippen molar-refractivity contribution in [1.29, 1.82) is 0 Å². The van der Waals surface area contributed by atoms with E-state index in [0.717, 1.165) is 30.8 Å². The molecule has 0 radical (unpaired) electrons. The summed E-state index contributed by atoms with van der Waals surface area (Å²) in [5.41, 5.74) is 7.16. The number of hydrogen-bond acceptors (Lipinski definition) is 6. The van der Waals surface area contributed by atoms with Crippen molar-refractivity contribution in [1.82, 2.24) is 15.2 Å². The molecule has 0 amide bonds. The second kappa shape index (κ2) is 6.97. The maximum absolute atomic E-state index is 6.29. The number of nitrogens with zero attached hydrogens (tertiary/aromatic N) is 2. The molecule has 7 nitrogen and oxygen atoms in total. The third kappa shape index (κ3) is 3.30. The molecule has 23 heavy (non-hydrogen) atoms. The van der Waals surface area contributed by atoms with Crippen molar-refractivity contribution < 1.29 is 14.2 Å². The topological polar surface area (TPSA) is 95.3 Å². The Morgan fingerprint density at radius 1 is 1.43 bits per heavy atom. The second-order valence-corrected chi connectivity index (χ2v) is 5.40. The monoisotopic (exact) mass is 318 g/mol. The van der Waals surface area contributed by atoms with Crippen LogP contribution in [0.25, 0.3) is 0 Å². The highest BCUT2D eigenvalue weighted by Crippen LogP contribution is 2.31. The number of ether oxygens (including phenoxy) is 3. The molecule has 0 aliphatic carbocycles. The highest BCUT2D eigenvalue weighted by atomic mass is 16.5. The Morgan fingerprint density at radius 2 is 2.30 bits per heavy atom. The molecule has 2 atom stereocenters. The summed E-state index contributed by atoms with van der Waals surface area (Å²) in [6, 6.07) is 5.18. The highest BCUT2D eigenvalue weighted by molar-refractivity contribution is 5.44. The zero-order valence-electron chi connectivity index (χ0n) is 13.4. The molecular formula is C16H22N4O3. The van der Waals surface area contributed by atoms with E-state index in [1.807, 2.05) is 25.1 Å². The highest BCUT2D eigenvalue weighted by Gasteiger charge is 2.23. The van der Waals surface area contributed by atoms with Crippen LogP contribution in [0.2, 0.25) is 0 Å². The van der Waals surface area contributed by atoms with Gasteiger partial charge in [0, 0.05) is 6.61 Å². The first-order valence-electron chi connectivity index (χ1n) is 7.83. The van der Waals surface area contributed by atoms with Gasteiger partial charge in [0.25, 0.3) is 0 Å². The molecule has 1 aliphatic heterocycles. The van der Waals surface area contributed by atoms with Crippen LogP contribution in [0.5, 0.6) is 11.5 Å². The predicted molar refractivity (Wildman–Crippen MR) is 84.5 cm³/mol. The Bertz CT molecular complexity index is 653. The molecule has 124 valence electrons. The van der Waals surface area contributed by atoms with Crippen LogP contribution in [0.4, 0.5) is 0 Å². The van der Waals surface area contributed by atoms with Crippen LogP contribution in [-0.2, 0) is 4.74 Å². The van der Waals surface area contributed by atoms with Gasteiger partial charge in [-0.15, -0.1) is 0 Å². The lowest BCUT2D eigenvalue weighted by Crippen LogP contribution is -2.14. The summed E-state index contributed by atoms with van der Waals surface area (Å²) in [7, 11) is 1.61. The van der Waals surface area contributed by atoms with Crippen LogP contribution < -0.4 is 15.2 Å². The van der Waals surface area contributed by atoms with Crippen molar-refractivity contribution >= 4 is 0 Å². The van der Waals surface area contributed by atoms with E-state index in [1.165, 1.54) is 0 Å². The van der Waals surface area contributed by atoms with Gasteiger partial charge in [-0.1, -0.05) is 6.07 Å². The largest absolute Gasteiger partial charge is 0.493 e. The molecule has 0 saturated carbocycles. The van der Waals surface area contributed by atoms with Gasteiger partial charge in [-0.25, -0.2) is 4.98 Å². The quantitative estimate of drug-likeness (QED) is 0.847. The Morgan fingerprint density at radius 3 is 3.00 bits per heavy atom. The van der Waals surface area contributed by atoms with Crippen LogP contribution in [0.15, 0.2) is 18.2 Å². The van der Waals surface area contributed by atoms with E-state index in [9.17, 15) is 0 Å². The molecular weight excluding hydrogens is 296 g/mol. The van der Waals surface area contributed by atoms with Crippen molar-refractivity contribution in [3.8, 4) is 11.5 Å². The number of aromatic nitrogens is 3. The average molecular weight is 318 g/mol. The number of methoxy groups -OCH3 is 1. The van der Waals surface area contributed by atoms with Gasteiger partial charge in [0.1, 0.15) is 6.10 Å². The fraction of sp³-hybridized carbons (Fsp3) is 0.500. The van der Waals surface area contributed by atoms with Gasteiger partial charge in [-0.3, -0.25) is 5.10 Å². The molecule has 3 N–H and O–H groups in total. The molecule has 2 heterocycles. The minimum absolute atomic E-state index is 0.00156. The van der Waals surface area contributed by atoms with E-state index in [1.54, 1.807) is 7.11 Å². The summed E-state index contributed by atoms with van der Waals surface area (Å²) in [5.74, 6) is 2.63. The van der Waals surface area contributed by atoms with Gasteiger partial charge >= 0.3 is 0 Å². The molecule has 3 rings (SSSR count). The van der Waals surface area contributed by atoms with Crippen LogP contribution in [0, 0.1) is 0 Å². The van der Waals surface area contributed by atoms with Gasteiger partial charge < -0.3 is 19.9 Å². The zero-order chi connectivity index (χ0) is 16.2. The van der Waals surface area contributed by atoms with Crippen molar-refractivity contribution in [3.05, 3.63) is 35.4 Å². The molecule has 1 saturated heterocycles. The summed E-state index contributed by atoms with van der Waals surface area (Å²) >= 11 is 0. The number of nitrogens with two attached hydrogens (primary N) is 1. The van der Waals surface area contributed by atoms with Crippen molar-refractivity contribution in [2.45, 2.75) is 31.9 Å². The third-order valence-corrected chi connectivity index (χ3v) is 3.88. The molecule has 1 fully saturated rings. The molecule has 0 unspecified atom stereocenters.